The summed E-state index contributed by atoms with van der Waals surface area (Å²) in [5.41, 5.74) is 0.590. The first kappa shape index (κ1) is 15.4. The Bertz CT molecular complexity index is 509. The van der Waals surface area contributed by atoms with Gasteiger partial charge in [-0.1, -0.05) is 0 Å². The van der Waals surface area contributed by atoms with Crippen molar-refractivity contribution in [2.75, 3.05) is 38.5 Å². The molecule has 0 radical (unpaired) electrons. The average molecular weight is 292 g/mol. The zero-order valence-electron chi connectivity index (χ0n) is 12.3. The lowest BCUT2D eigenvalue weighted by Gasteiger charge is -2.35. The van der Waals surface area contributed by atoms with Crippen LogP contribution in [0.15, 0.2) is 24.3 Å². The van der Waals surface area contributed by atoms with Crippen molar-refractivity contribution in [3.63, 3.8) is 0 Å². The molecule has 1 aromatic rings. The summed E-state index contributed by atoms with van der Waals surface area (Å²) < 4.78 is 0. The molecular formula is C14H20N4O3. The van der Waals surface area contributed by atoms with Crippen molar-refractivity contribution in [3.05, 3.63) is 34.4 Å². The molecule has 1 heterocycles. The third-order valence-corrected chi connectivity index (χ3v) is 3.81. The molecule has 1 fully saturated rings. The number of carbonyl (C=O) groups excluding carboxylic acids is 1. The molecule has 1 aliphatic rings. The minimum Gasteiger partial charge on any atom is -0.325 e. The van der Waals surface area contributed by atoms with Crippen LogP contribution < -0.4 is 5.32 Å². The summed E-state index contributed by atoms with van der Waals surface area (Å²) in [5.74, 6) is -0.0894. The van der Waals surface area contributed by atoms with E-state index in [4.69, 9.17) is 0 Å². The lowest BCUT2D eigenvalue weighted by Crippen LogP contribution is -2.51. The zero-order chi connectivity index (χ0) is 15.4. The summed E-state index contributed by atoms with van der Waals surface area (Å²) in [5, 5.41) is 13.4. The second-order valence-corrected chi connectivity index (χ2v) is 5.31. The third-order valence-electron chi connectivity index (χ3n) is 3.81. The molecule has 0 saturated carbocycles. The van der Waals surface area contributed by atoms with Gasteiger partial charge in [-0.2, -0.15) is 0 Å². The van der Waals surface area contributed by atoms with Gasteiger partial charge in [0.25, 0.3) is 5.69 Å². The molecule has 1 atom stereocenters. The zero-order valence-corrected chi connectivity index (χ0v) is 12.3. The van der Waals surface area contributed by atoms with Crippen LogP contribution in [0.25, 0.3) is 0 Å². The first-order valence-electron chi connectivity index (χ1n) is 6.95. The fourth-order valence-electron chi connectivity index (χ4n) is 2.29. The maximum atomic E-state index is 12.2. The highest BCUT2D eigenvalue weighted by Crippen LogP contribution is 2.16. The summed E-state index contributed by atoms with van der Waals surface area (Å²) in [7, 11) is 2.07. The molecule has 1 N–H and O–H groups in total. The quantitative estimate of drug-likeness (QED) is 0.665. The topological polar surface area (TPSA) is 78.7 Å². The standard InChI is InChI=1S/C14H20N4O3/c1-11(17-9-7-16(2)8-10-17)14(19)15-12-3-5-13(6-4-12)18(20)21/h3-6,11H,7-10H2,1-2H3,(H,15,19)/t11-/m1/s1. The smallest absolute Gasteiger partial charge is 0.269 e. The van der Waals surface area contributed by atoms with E-state index in [9.17, 15) is 14.9 Å². The third kappa shape index (κ3) is 3.99. The van der Waals surface area contributed by atoms with Crippen molar-refractivity contribution in [3.8, 4) is 0 Å². The second-order valence-electron chi connectivity index (χ2n) is 5.31. The molecule has 114 valence electrons. The Kier molecular flexibility index (Phi) is 4.87. The number of benzene rings is 1. The number of carbonyl (C=O) groups is 1. The van der Waals surface area contributed by atoms with Crippen LogP contribution in [0, 0.1) is 10.1 Å². The van der Waals surface area contributed by atoms with Crippen molar-refractivity contribution in [1.29, 1.82) is 0 Å². The van der Waals surface area contributed by atoms with Crippen LogP contribution in [0.4, 0.5) is 11.4 Å². The van der Waals surface area contributed by atoms with E-state index < -0.39 is 4.92 Å². The van der Waals surface area contributed by atoms with Crippen molar-refractivity contribution in [2.24, 2.45) is 0 Å². The largest absolute Gasteiger partial charge is 0.325 e. The van der Waals surface area contributed by atoms with Crippen molar-refractivity contribution in [2.45, 2.75) is 13.0 Å². The van der Waals surface area contributed by atoms with Crippen molar-refractivity contribution < 1.29 is 9.72 Å². The summed E-state index contributed by atoms with van der Waals surface area (Å²) in [4.78, 5) is 26.7. The van der Waals surface area contributed by atoms with Crippen LogP contribution in [-0.4, -0.2) is 59.9 Å². The van der Waals surface area contributed by atoms with Gasteiger partial charge in [-0.15, -0.1) is 0 Å². The number of nitrogens with one attached hydrogen (secondary N) is 1. The number of nitrogens with zero attached hydrogens (tertiary/aromatic N) is 3. The van der Waals surface area contributed by atoms with Crippen LogP contribution in [0.5, 0.6) is 0 Å². The van der Waals surface area contributed by atoms with E-state index in [-0.39, 0.29) is 17.6 Å². The van der Waals surface area contributed by atoms with Gasteiger partial charge in [0.2, 0.25) is 5.91 Å². The fourth-order valence-corrected chi connectivity index (χ4v) is 2.29. The van der Waals surface area contributed by atoms with Crippen molar-refractivity contribution >= 4 is 17.3 Å². The Morgan fingerprint density at radius 3 is 2.33 bits per heavy atom. The van der Waals surface area contributed by atoms with E-state index in [1.807, 2.05) is 6.92 Å². The molecule has 1 amide bonds. The number of hydrogen-bond acceptors (Lipinski definition) is 5. The Hall–Kier alpha value is -1.99. The highest BCUT2D eigenvalue weighted by atomic mass is 16.6. The molecule has 2 rings (SSSR count). The van der Waals surface area contributed by atoms with E-state index in [0.717, 1.165) is 26.2 Å². The molecule has 0 aromatic heterocycles. The molecule has 0 bridgehead atoms. The van der Waals surface area contributed by atoms with Crippen molar-refractivity contribution in [1.82, 2.24) is 9.80 Å². The van der Waals surface area contributed by atoms with Gasteiger partial charge < -0.3 is 10.2 Å². The molecule has 21 heavy (non-hydrogen) atoms. The van der Waals surface area contributed by atoms with Gasteiger partial charge in [0, 0.05) is 44.0 Å². The van der Waals surface area contributed by atoms with E-state index in [1.165, 1.54) is 12.1 Å². The monoisotopic (exact) mass is 292 g/mol. The van der Waals surface area contributed by atoms with Crippen LogP contribution in [-0.2, 0) is 4.79 Å². The number of anilines is 1. The summed E-state index contributed by atoms with van der Waals surface area (Å²) in [6.07, 6.45) is 0. The molecule has 0 unspecified atom stereocenters. The van der Waals surface area contributed by atoms with Gasteiger partial charge in [-0.05, 0) is 26.1 Å². The van der Waals surface area contributed by atoms with Gasteiger partial charge in [-0.25, -0.2) is 0 Å². The molecule has 7 heteroatoms. The van der Waals surface area contributed by atoms with E-state index in [1.54, 1.807) is 12.1 Å². The predicted molar refractivity (Wildman–Crippen MR) is 80.3 cm³/mol. The summed E-state index contributed by atoms with van der Waals surface area (Å²) in [6, 6.07) is 5.65. The van der Waals surface area contributed by atoms with Crippen LogP contribution >= 0.6 is 0 Å². The highest BCUT2D eigenvalue weighted by Gasteiger charge is 2.24. The fraction of sp³-hybridized carbons (Fsp3) is 0.500. The van der Waals surface area contributed by atoms with Gasteiger partial charge in [0.1, 0.15) is 0 Å². The second kappa shape index (κ2) is 6.64. The Morgan fingerprint density at radius 1 is 1.24 bits per heavy atom. The molecule has 1 saturated heterocycles. The average Bonchev–Trinajstić information content (AvgIpc) is 2.47. The first-order chi connectivity index (χ1) is 9.97. The number of nitro benzene ring substituents is 1. The van der Waals surface area contributed by atoms with Crippen LogP contribution in [0.2, 0.25) is 0 Å². The minimum absolute atomic E-state index is 0.0140. The van der Waals surface area contributed by atoms with E-state index >= 15 is 0 Å². The first-order valence-corrected chi connectivity index (χ1v) is 6.95. The number of amides is 1. The number of hydrogen-bond donors (Lipinski definition) is 1. The lowest BCUT2D eigenvalue weighted by molar-refractivity contribution is -0.384. The maximum Gasteiger partial charge on any atom is 0.269 e. The minimum atomic E-state index is -0.460. The molecule has 1 aromatic carbocycles. The Labute approximate surface area is 123 Å². The lowest BCUT2D eigenvalue weighted by atomic mass is 10.2. The Morgan fingerprint density at radius 2 is 1.81 bits per heavy atom. The number of piperazine rings is 1. The number of likely N-dealkylation sites (N-methyl/N-ethyl adjacent to an activating group) is 1. The molecule has 0 aliphatic carbocycles. The SMILES string of the molecule is C[C@H](C(=O)Nc1ccc([N+](=O)[O-])cc1)N1CCN(C)CC1. The molecule has 0 spiro atoms. The predicted octanol–water partition coefficient (Wildman–Crippen LogP) is 1.17. The maximum absolute atomic E-state index is 12.2. The summed E-state index contributed by atoms with van der Waals surface area (Å²) in [6.45, 7) is 5.52. The van der Waals surface area contributed by atoms with Gasteiger partial charge in [0.15, 0.2) is 0 Å². The normalized spacial score (nSPS) is 18.2. The molecule has 7 nitrogen and oxygen atoms in total. The van der Waals surface area contributed by atoms with E-state index in [0.29, 0.717) is 5.69 Å². The van der Waals surface area contributed by atoms with Gasteiger partial charge in [-0.3, -0.25) is 19.8 Å². The molecular weight excluding hydrogens is 272 g/mol. The number of nitro groups is 1. The van der Waals surface area contributed by atoms with Crippen LogP contribution in [0.1, 0.15) is 6.92 Å². The van der Waals surface area contributed by atoms with E-state index in [2.05, 4.69) is 22.2 Å². The number of non-ortho nitro benzene ring substituents is 1. The summed E-state index contributed by atoms with van der Waals surface area (Å²) >= 11 is 0. The van der Waals surface area contributed by atoms with Crippen LogP contribution in [0.3, 0.4) is 0 Å². The highest BCUT2D eigenvalue weighted by molar-refractivity contribution is 5.94. The Balaban J connectivity index is 1.92. The number of rotatable bonds is 4. The van der Waals surface area contributed by atoms with Gasteiger partial charge in [0.05, 0.1) is 11.0 Å². The molecule has 1 aliphatic heterocycles. The van der Waals surface area contributed by atoms with Gasteiger partial charge >= 0.3 is 0 Å².